The molecule has 0 aliphatic heterocycles. The zero-order valence-electron chi connectivity index (χ0n) is 10.2. The summed E-state index contributed by atoms with van der Waals surface area (Å²) in [5.41, 5.74) is -1.53. The Labute approximate surface area is 110 Å². The van der Waals surface area contributed by atoms with Crippen LogP contribution >= 0.6 is 0 Å². The molecule has 0 fully saturated rings. The summed E-state index contributed by atoms with van der Waals surface area (Å²) in [6.07, 6.45) is -4.50. The third kappa shape index (κ3) is 2.87. The van der Waals surface area contributed by atoms with Gasteiger partial charge in [-0.2, -0.15) is 13.2 Å². The first-order valence-electron chi connectivity index (χ1n) is 5.39. The van der Waals surface area contributed by atoms with E-state index in [1.807, 2.05) is 0 Å². The molecule has 0 aliphatic carbocycles. The van der Waals surface area contributed by atoms with E-state index < -0.39 is 23.3 Å². The van der Waals surface area contributed by atoms with Crippen molar-refractivity contribution in [3.05, 3.63) is 46.1 Å². The summed E-state index contributed by atoms with van der Waals surface area (Å²) in [6, 6.07) is 4.14. The van der Waals surface area contributed by atoms with Crippen molar-refractivity contribution in [2.45, 2.75) is 6.18 Å². The number of anilines is 1. The van der Waals surface area contributed by atoms with E-state index in [0.717, 1.165) is 16.8 Å². The van der Waals surface area contributed by atoms with Crippen LogP contribution in [0.2, 0.25) is 0 Å². The number of nitrogens with one attached hydrogen (secondary N) is 2. The maximum Gasteiger partial charge on any atom is 0.416 e. The van der Waals surface area contributed by atoms with Crippen LogP contribution in [0.5, 0.6) is 0 Å². The summed E-state index contributed by atoms with van der Waals surface area (Å²) in [5.74, 6) is -1.09. The van der Waals surface area contributed by atoms with Crippen LogP contribution in [-0.4, -0.2) is 20.7 Å². The molecule has 0 bridgehead atoms. The predicted octanol–water partition coefficient (Wildman–Crippen LogP) is 1.38. The zero-order chi connectivity index (χ0) is 14.9. The molecular weight excluding hydrogens is 277 g/mol. The Hall–Kier alpha value is -2.58. The minimum absolute atomic E-state index is 0.0451. The van der Waals surface area contributed by atoms with Crippen LogP contribution in [0.3, 0.4) is 0 Å². The highest BCUT2D eigenvalue weighted by Gasteiger charge is 2.30. The van der Waals surface area contributed by atoms with E-state index in [1.165, 1.54) is 19.2 Å². The molecule has 0 aliphatic rings. The first kappa shape index (κ1) is 13.8. The molecular formula is C11H9F3N4O2. The average molecular weight is 286 g/mol. The largest absolute Gasteiger partial charge is 0.416 e. The number of hydrogen-bond donors (Lipinski definition) is 2. The maximum absolute atomic E-state index is 12.5. The molecule has 2 rings (SSSR count). The van der Waals surface area contributed by atoms with Gasteiger partial charge in [0, 0.05) is 12.7 Å². The Bertz CT molecular complexity index is 702. The van der Waals surface area contributed by atoms with Gasteiger partial charge in [-0.25, -0.2) is 9.48 Å². The van der Waals surface area contributed by atoms with Crippen LogP contribution in [0, 0.1) is 0 Å². The summed E-state index contributed by atoms with van der Waals surface area (Å²) >= 11 is 0. The molecule has 0 radical (unpaired) electrons. The first-order chi connectivity index (χ1) is 9.27. The Morgan fingerprint density at radius 1 is 1.40 bits per heavy atom. The van der Waals surface area contributed by atoms with Crippen molar-refractivity contribution in [1.82, 2.24) is 14.8 Å². The van der Waals surface area contributed by atoms with Crippen molar-refractivity contribution in [1.29, 1.82) is 0 Å². The summed E-state index contributed by atoms with van der Waals surface area (Å²) in [5, 5.41) is 5.82. The fourth-order valence-electron chi connectivity index (χ4n) is 1.47. The molecule has 1 amide bonds. The third-order valence-electron chi connectivity index (χ3n) is 2.43. The Morgan fingerprint density at radius 3 is 2.65 bits per heavy atom. The highest BCUT2D eigenvalue weighted by Crippen LogP contribution is 2.30. The Kier molecular flexibility index (Phi) is 3.35. The number of hydrogen-bond acceptors (Lipinski definition) is 3. The number of aromatic nitrogens is 3. The van der Waals surface area contributed by atoms with Gasteiger partial charge in [0.05, 0.1) is 5.56 Å². The van der Waals surface area contributed by atoms with Crippen LogP contribution in [0.15, 0.2) is 29.1 Å². The molecule has 0 unspecified atom stereocenters. The number of H-pyrrole nitrogens is 1. The molecule has 2 aromatic rings. The molecule has 6 nitrogen and oxygen atoms in total. The molecule has 1 aromatic heterocycles. The van der Waals surface area contributed by atoms with Gasteiger partial charge in [-0.1, -0.05) is 6.07 Å². The Balaban J connectivity index is 2.22. The van der Waals surface area contributed by atoms with E-state index in [4.69, 9.17) is 0 Å². The molecule has 9 heteroatoms. The topological polar surface area (TPSA) is 79.8 Å². The van der Waals surface area contributed by atoms with E-state index in [0.29, 0.717) is 0 Å². The Morgan fingerprint density at radius 2 is 2.10 bits per heavy atom. The molecule has 0 saturated carbocycles. The first-order valence-corrected chi connectivity index (χ1v) is 5.39. The number of alkyl halides is 3. The maximum atomic E-state index is 12.5. The lowest BCUT2D eigenvalue weighted by molar-refractivity contribution is -0.137. The van der Waals surface area contributed by atoms with E-state index >= 15 is 0 Å². The molecule has 0 atom stereocenters. The van der Waals surface area contributed by atoms with Crippen molar-refractivity contribution in [2.24, 2.45) is 7.05 Å². The van der Waals surface area contributed by atoms with Crippen molar-refractivity contribution in [3.63, 3.8) is 0 Å². The number of amides is 1. The van der Waals surface area contributed by atoms with Crippen molar-refractivity contribution < 1.29 is 18.0 Å². The minimum Gasteiger partial charge on any atom is -0.319 e. The standard InChI is InChI=1S/C11H9F3N4O2/c1-18-10(20)16-8(17-18)9(19)15-7-4-2-3-6(5-7)11(12,13)14/h2-5H,1H3,(H,15,19)(H,16,17,20). The SMILES string of the molecule is Cn1nc(C(=O)Nc2cccc(C(F)(F)F)c2)[nH]c1=O. The number of aryl methyl sites for hydroxylation is 1. The molecule has 1 aromatic carbocycles. The minimum atomic E-state index is -4.50. The molecule has 106 valence electrons. The van der Waals surface area contributed by atoms with Gasteiger partial charge < -0.3 is 5.32 Å². The van der Waals surface area contributed by atoms with E-state index in [2.05, 4.69) is 15.4 Å². The molecule has 1 heterocycles. The lowest BCUT2D eigenvalue weighted by atomic mass is 10.2. The predicted molar refractivity (Wildman–Crippen MR) is 63.2 cm³/mol. The summed E-state index contributed by atoms with van der Waals surface area (Å²) < 4.78 is 38.4. The summed E-state index contributed by atoms with van der Waals surface area (Å²) in [7, 11) is 1.33. The second-order valence-electron chi connectivity index (χ2n) is 3.94. The van der Waals surface area contributed by atoms with Gasteiger partial charge in [-0.05, 0) is 18.2 Å². The number of carbonyl (C=O) groups is 1. The molecule has 0 spiro atoms. The van der Waals surface area contributed by atoms with Gasteiger partial charge in [-0.15, -0.1) is 5.10 Å². The lowest BCUT2D eigenvalue weighted by Gasteiger charge is -2.08. The summed E-state index contributed by atoms with van der Waals surface area (Å²) in [6.45, 7) is 0. The smallest absolute Gasteiger partial charge is 0.319 e. The van der Waals surface area contributed by atoms with Crippen molar-refractivity contribution in [3.8, 4) is 0 Å². The number of aromatic amines is 1. The van der Waals surface area contributed by atoms with E-state index in [9.17, 15) is 22.8 Å². The quantitative estimate of drug-likeness (QED) is 0.875. The van der Waals surface area contributed by atoms with Crippen molar-refractivity contribution >= 4 is 11.6 Å². The van der Waals surface area contributed by atoms with Gasteiger partial charge in [0.1, 0.15) is 0 Å². The fourth-order valence-corrected chi connectivity index (χ4v) is 1.47. The number of nitrogens with zero attached hydrogens (tertiary/aromatic N) is 2. The highest BCUT2D eigenvalue weighted by atomic mass is 19.4. The zero-order valence-corrected chi connectivity index (χ0v) is 10.2. The van der Waals surface area contributed by atoms with Crippen LogP contribution in [0.25, 0.3) is 0 Å². The van der Waals surface area contributed by atoms with Crippen LogP contribution < -0.4 is 11.0 Å². The van der Waals surface area contributed by atoms with Gasteiger partial charge in [-0.3, -0.25) is 9.78 Å². The van der Waals surface area contributed by atoms with Gasteiger partial charge >= 0.3 is 11.9 Å². The molecule has 0 saturated heterocycles. The number of benzene rings is 1. The number of rotatable bonds is 2. The van der Waals surface area contributed by atoms with Crippen LogP contribution in [-0.2, 0) is 13.2 Å². The average Bonchev–Trinajstić information content (AvgIpc) is 2.69. The number of carbonyl (C=O) groups excluding carboxylic acids is 1. The van der Waals surface area contributed by atoms with Gasteiger partial charge in [0.25, 0.3) is 5.91 Å². The third-order valence-corrected chi connectivity index (χ3v) is 2.43. The van der Waals surface area contributed by atoms with Crippen LogP contribution in [0.4, 0.5) is 18.9 Å². The molecule has 2 N–H and O–H groups in total. The van der Waals surface area contributed by atoms with Crippen molar-refractivity contribution in [2.75, 3.05) is 5.32 Å². The monoisotopic (exact) mass is 286 g/mol. The van der Waals surface area contributed by atoms with E-state index in [1.54, 1.807) is 0 Å². The number of halogens is 3. The normalized spacial score (nSPS) is 11.4. The highest BCUT2D eigenvalue weighted by molar-refractivity contribution is 6.01. The van der Waals surface area contributed by atoms with Crippen LogP contribution in [0.1, 0.15) is 16.2 Å². The van der Waals surface area contributed by atoms with E-state index in [-0.39, 0.29) is 11.5 Å². The molecule has 20 heavy (non-hydrogen) atoms. The lowest BCUT2D eigenvalue weighted by Crippen LogP contribution is -2.15. The summed E-state index contributed by atoms with van der Waals surface area (Å²) in [4.78, 5) is 25.0. The second-order valence-corrected chi connectivity index (χ2v) is 3.94. The van der Waals surface area contributed by atoms with Gasteiger partial charge in [0.2, 0.25) is 5.82 Å². The van der Waals surface area contributed by atoms with Gasteiger partial charge in [0.15, 0.2) is 0 Å². The second kappa shape index (κ2) is 4.83. The fraction of sp³-hybridized carbons (Fsp3) is 0.182.